The predicted molar refractivity (Wildman–Crippen MR) is 111 cm³/mol. The fraction of sp³-hybridized carbons (Fsp3) is 0.350. The van der Waals surface area contributed by atoms with Gasteiger partial charge in [-0.3, -0.25) is 14.2 Å². The molecular formula is C20H20N2O4S2. The molecule has 8 heteroatoms. The lowest BCUT2D eigenvalue weighted by molar-refractivity contribution is 0.419. The molecular weight excluding hydrogens is 396 g/mol. The number of thioether (sulfide) groups is 1. The summed E-state index contributed by atoms with van der Waals surface area (Å²) in [5, 5.41) is 10.6. The number of hydrogen-bond donors (Lipinski definition) is 1. The van der Waals surface area contributed by atoms with Gasteiger partial charge in [-0.25, -0.2) is 4.98 Å². The molecule has 0 aromatic carbocycles. The van der Waals surface area contributed by atoms with E-state index < -0.39 is 11.2 Å². The van der Waals surface area contributed by atoms with Crippen molar-refractivity contribution in [3.05, 3.63) is 61.8 Å². The average molecular weight is 417 g/mol. The Kier molecular flexibility index (Phi) is 5.16. The van der Waals surface area contributed by atoms with Crippen molar-refractivity contribution < 1.29 is 9.52 Å². The van der Waals surface area contributed by atoms with Gasteiger partial charge in [0.2, 0.25) is 5.43 Å². The Balaban J connectivity index is 1.75. The Morgan fingerprint density at radius 1 is 1.50 bits per heavy atom. The highest BCUT2D eigenvalue weighted by Crippen LogP contribution is 2.36. The largest absolute Gasteiger partial charge is 0.502 e. The lowest BCUT2D eigenvalue weighted by Gasteiger charge is -2.17. The van der Waals surface area contributed by atoms with Gasteiger partial charge in [-0.15, -0.1) is 17.9 Å². The van der Waals surface area contributed by atoms with E-state index in [0.29, 0.717) is 29.1 Å². The third-order valence-corrected chi connectivity index (χ3v) is 7.05. The van der Waals surface area contributed by atoms with Crippen LogP contribution in [0.5, 0.6) is 5.75 Å². The molecule has 0 fully saturated rings. The summed E-state index contributed by atoms with van der Waals surface area (Å²) in [5.74, 6) is 0.941. The second kappa shape index (κ2) is 7.60. The first-order valence-electron chi connectivity index (χ1n) is 9.07. The third-order valence-electron chi connectivity index (χ3n) is 4.90. The first-order chi connectivity index (χ1) is 13.5. The first-order valence-corrected chi connectivity index (χ1v) is 10.9. The molecule has 1 atom stereocenters. The van der Waals surface area contributed by atoms with Gasteiger partial charge in [0.25, 0.3) is 5.56 Å². The number of aromatic hydroxyl groups is 1. The Labute approximate surface area is 169 Å². The minimum absolute atomic E-state index is 0.0355. The number of thiophene rings is 1. The average Bonchev–Trinajstić information content (AvgIpc) is 3.02. The van der Waals surface area contributed by atoms with E-state index in [2.05, 4.69) is 13.5 Å². The molecule has 0 aliphatic heterocycles. The number of nitrogens with zero attached hydrogens (tertiary/aromatic N) is 2. The van der Waals surface area contributed by atoms with Gasteiger partial charge in [-0.05, 0) is 30.7 Å². The monoisotopic (exact) mass is 416 g/mol. The quantitative estimate of drug-likeness (QED) is 0.388. The number of aromatic nitrogens is 2. The number of fused-ring (bicyclic) bond motifs is 3. The van der Waals surface area contributed by atoms with Crippen LogP contribution in [0.3, 0.4) is 0 Å². The molecule has 4 rings (SSSR count). The van der Waals surface area contributed by atoms with Crippen LogP contribution in [0.4, 0.5) is 0 Å². The fourth-order valence-corrected chi connectivity index (χ4v) is 5.78. The van der Waals surface area contributed by atoms with Gasteiger partial charge in [0.05, 0.1) is 11.1 Å². The van der Waals surface area contributed by atoms with E-state index in [9.17, 15) is 14.7 Å². The van der Waals surface area contributed by atoms with Crippen molar-refractivity contribution in [2.24, 2.45) is 5.92 Å². The summed E-state index contributed by atoms with van der Waals surface area (Å²) in [5.41, 5.74) is 0.634. The zero-order valence-electron chi connectivity index (χ0n) is 15.4. The lowest BCUT2D eigenvalue weighted by atomic mass is 9.89. The van der Waals surface area contributed by atoms with Crippen LogP contribution in [0, 0.1) is 5.92 Å². The zero-order chi connectivity index (χ0) is 19.8. The van der Waals surface area contributed by atoms with Crippen molar-refractivity contribution in [1.82, 2.24) is 9.55 Å². The molecule has 0 saturated carbocycles. The van der Waals surface area contributed by atoms with E-state index >= 15 is 0 Å². The van der Waals surface area contributed by atoms with Crippen LogP contribution in [-0.4, -0.2) is 14.7 Å². The maximum Gasteiger partial charge on any atom is 0.263 e. The summed E-state index contributed by atoms with van der Waals surface area (Å²) in [6.07, 6.45) is 5.72. The molecule has 28 heavy (non-hydrogen) atoms. The Hall–Kier alpha value is -2.32. The van der Waals surface area contributed by atoms with Gasteiger partial charge < -0.3 is 9.52 Å². The van der Waals surface area contributed by atoms with Gasteiger partial charge in [-0.2, -0.15) is 0 Å². The molecule has 0 bridgehead atoms. The van der Waals surface area contributed by atoms with Gasteiger partial charge in [0, 0.05) is 17.5 Å². The Morgan fingerprint density at radius 2 is 2.32 bits per heavy atom. The van der Waals surface area contributed by atoms with E-state index in [1.807, 2.05) is 0 Å². The first kappa shape index (κ1) is 19.0. The van der Waals surface area contributed by atoms with Gasteiger partial charge in [0.15, 0.2) is 10.9 Å². The van der Waals surface area contributed by atoms with Crippen LogP contribution in [0.15, 0.2) is 44.1 Å². The highest BCUT2D eigenvalue weighted by atomic mass is 32.2. The van der Waals surface area contributed by atoms with Crippen LogP contribution in [0.25, 0.3) is 10.2 Å². The smallest absolute Gasteiger partial charge is 0.263 e. The summed E-state index contributed by atoms with van der Waals surface area (Å²) in [6.45, 7) is 6.37. The molecule has 3 aromatic rings. The number of aryl methyl sites for hydroxylation is 1. The highest BCUT2D eigenvalue weighted by Gasteiger charge is 2.24. The van der Waals surface area contributed by atoms with Crippen LogP contribution in [-0.2, 0) is 25.1 Å². The molecule has 6 nitrogen and oxygen atoms in total. The van der Waals surface area contributed by atoms with E-state index in [1.54, 1.807) is 22.0 Å². The van der Waals surface area contributed by atoms with E-state index in [4.69, 9.17) is 9.40 Å². The molecule has 0 spiro atoms. The number of hydrogen-bond acceptors (Lipinski definition) is 7. The van der Waals surface area contributed by atoms with Crippen molar-refractivity contribution in [3.8, 4) is 5.75 Å². The summed E-state index contributed by atoms with van der Waals surface area (Å²) < 4.78 is 6.88. The second-order valence-electron chi connectivity index (χ2n) is 7.02. The predicted octanol–water partition coefficient (Wildman–Crippen LogP) is 3.72. The van der Waals surface area contributed by atoms with Gasteiger partial charge in [-0.1, -0.05) is 24.8 Å². The minimum Gasteiger partial charge on any atom is -0.502 e. The van der Waals surface area contributed by atoms with Crippen LogP contribution in [0.1, 0.15) is 29.5 Å². The van der Waals surface area contributed by atoms with E-state index in [1.165, 1.54) is 22.7 Å². The fourth-order valence-electron chi connectivity index (χ4n) is 3.46. The molecule has 146 valence electrons. The lowest BCUT2D eigenvalue weighted by Crippen LogP contribution is -2.23. The van der Waals surface area contributed by atoms with Crippen molar-refractivity contribution in [1.29, 1.82) is 0 Å². The van der Waals surface area contributed by atoms with Crippen molar-refractivity contribution in [2.75, 3.05) is 0 Å². The Bertz CT molecular complexity index is 1180. The van der Waals surface area contributed by atoms with Crippen LogP contribution < -0.4 is 11.0 Å². The summed E-state index contributed by atoms with van der Waals surface area (Å²) in [7, 11) is 0. The normalized spacial score (nSPS) is 16.2. The minimum atomic E-state index is -0.492. The number of rotatable bonds is 5. The van der Waals surface area contributed by atoms with Crippen molar-refractivity contribution in [2.45, 2.75) is 43.6 Å². The number of allylic oxidation sites excluding steroid dienone is 1. The molecule has 1 aliphatic carbocycles. The summed E-state index contributed by atoms with van der Waals surface area (Å²) >= 11 is 2.94. The molecule has 1 aliphatic rings. The van der Waals surface area contributed by atoms with E-state index in [-0.39, 0.29) is 5.56 Å². The standard InChI is InChI=1S/C20H20N2O4S2/c1-3-6-22-19(25)17-13-5-4-11(2)7-16(13)28-18(17)21-20(22)27-10-12-8-14(23)15(24)9-26-12/h3,8-9,11,24H,1,4-7,10H2,2H3. The molecule has 3 heterocycles. The Morgan fingerprint density at radius 3 is 3.07 bits per heavy atom. The van der Waals surface area contributed by atoms with Gasteiger partial charge >= 0.3 is 0 Å². The molecule has 1 N–H and O–H groups in total. The highest BCUT2D eigenvalue weighted by molar-refractivity contribution is 7.98. The van der Waals surface area contributed by atoms with Crippen LogP contribution in [0.2, 0.25) is 0 Å². The maximum absolute atomic E-state index is 13.2. The third kappa shape index (κ3) is 3.42. The topological polar surface area (TPSA) is 85.3 Å². The SMILES string of the molecule is C=CCn1c(SCc2cc(=O)c(O)co2)nc2sc3c(c2c1=O)CCC(C)C3. The zero-order valence-corrected chi connectivity index (χ0v) is 17.1. The summed E-state index contributed by atoms with van der Waals surface area (Å²) in [4.78, 5) is 31.6. The summed E-state index contributed by atoms with van der Waals surface area (Å²) in [6, 6.07) is 1.25. The van der Waals surface area contributed by atoms with Crippen molar-refractivity contribution in [3.63, 3.8) is 0 Å². The molecule has 0 amide bonds. The molecule has 0 saturated heterocycles. The molecule has 3 aromatic heterocycles. The van der Waals surface area contributed by atoms with Crippen LogP contribution >= 0.6 is 23.1 Å². The maximum atomic E-state index is 13.2. The van der Waals surface area contributed by atoms with Crippen molar-refractivity contribution >= 4 is 33.3 Å². The molecule has 1 unspecified atom stereocenters. The van der Waals surface area contributed by atoms with E-state index in [0.717, 1.165) is 41.3 Å². The second-order valence-corrected chi connectivity index (χ2v) is 9.04. The van der Waals surface area contributed by atoms with Gasteiger partial charge in [0.1, 0.15) is 16.9 Å². The molecule has 0 radical (unpaired) electrons.